The molecular formula is C19H23N5O2. The predicted molar refractivity (Wildman–Crippen MR) is 99.6 cm³/mol. The summed E-state index contributed by atoms with van der Waals surface area (Å²) in [5.74, 6) is 1.10. The highest BCUT2D eigenvalue weighted by atomic mass is 16.2. The fraction of sp³-hybridized carbons (Fsp3) is 0.474. The van der Waals surface area contributed by atoms with Crippen LogP contribution in [-0.2, 0) is 0 Å². The maximum atomic E-state index is 12.6. The molecular weight excluding hydrogens is 330 g/mol. The molecule has 1 aromatic carbocycles. The number of benzene rings is 1. The molecule has 1 N–H and O–H groups in total. The van der Waals surface area contributed by atoms with Crippen LogP contribution in [-0.4, -0.2) is 44.0 Å². The van der Waals surface area contributed by atoms with Crippen molar-refractivity contribution >= 4 is 22.6 Å². The molecule has 1 amide bonds. The Morgan fingerprint density at radius 1 is 1.27 bits per heavy atom. The van der Waals surface area contributed by atoms with Crippen molar-refractivity contribution in [3.8, 4) is 0 Å². The van der Waals surface area contributed by atoms with Gasteiger partial charge < -0.3 is 9.88 Å². The second-order valence-corrected chi connectivity index (χ2v) is 7.06. The highest BCUT2D eigenvalue weighted by Crippen LogP contribution is 2.32. The molecule has 26 heavy (non-hydrogen) atoms. The van der Waals surface area contributed by atoms with Crippen LogP contribution in [0.15, 0.2) is 23.0 Å². The first-order valence-corrected chi connectivity index (χ1v) is 9.26. The summed E-state index contributed by atoms with van der Waals surface area (Å²) in [5.41, 5.74) is 2.11. The molecule has 0 atom stereocenters. The lowest BCUT2D eigenvalue weighted by Gasteiger charge is -2.20. The molecule has 0 spiro atoms. The second-order valence-electron chi connectivity index (χ2n) is 7.06. The van der Waals surface area contributed by atoms with Crippen molar-refractivity contribution in [1.82, 2.24) is 24.5 Å². The summed E-state index contributed by atoms with van der Waals surface area (Å²) in [4.78, 5) is 29.5. The summed E-state index contributed by atoms with van der Waals surface area (Å²) in [6.07, 6.45) is 5.71. The summed E-state index contributed by atoms with van der Waals surface area (Å²) >= 11 is 0. The second kappa shape index (κ2) is 6.55. The Bertz CT molecular complexity index is 1030. The molecule has 7 nitrogen and oxygen atoms in total. The third-order valence-corrected chi connectivity index (χ3v) is 5.42. The number of H-pyrrole nitrogens is 1. The Kier molecular flexibility index (Phi) is 4.22. The van der Waals surface area contributed by atoms with E-state index in [9.17, 15) is 9.59 Å². The molecule has 0 unspecified atom stereocenters. The van der Waals surface area contributed by atoms with Crippen LogP contribution in [0, 0.1) is 0 Å². The molecule has 0 saturated heterocycles. The lowest BCUT2D eigenvalue weighted by Crippen LogP contribution is -2.26. The summed E-state index contributed by atoms with van der Waals surface area (Å²) in [7, 11) is 1.78. The third kappa shape index (κ3) is 2.67. The molecule has 0 bridgehead atoms. The molecule has 0 aliphatic heterocycles. The summed E-state index contributed by atoms with van der Waals surface area (Å²) in [6.45, 7) is 2.58. The first kappa shape index (κ1) is 16.8. The van der Waals surface area contributed by atoms with Crippen LogP contribution < -0.4 is 5.56 Å². The number of carbonyl (C=O) groups excluding carboxylic acids is 1. The average Bonchev–Trinajstić information content (AvgIpc) is 3.13. The van der Waals surface area contributed by atoms with Gasteiger partial charge in [-0.25, -0.2) is 0 Å². The van der Waals surface area contributed by atoms with Gasteiger partial charge in [-0.2, -0.15) is 0 Å². The minimum Gasteiger partial charge on any atom is -0.342 e. The van der Waals surface area contributed by atoms with E-state index in [1.165, 1.54) is 19.3 Å². The van der Waals surface area contributed by atoms with Gasteiger partial charge in [-0.3, -0.25) is 14.0 Å². The van der Waals surface area contributed by atoms with E-state index in [4.69, 9.17) is 0 Å². The van der Waals surface area contributed by atoms with Crippen molar-refractivity contribution < 1.29 is 4.79 Å². The summed E-state index contributed by atoms with van der Waals surface area (Å²) in [6, 6.07) is 5.38. The standard InChI is InChI=1S/C19H23N5O2/c1-3-23(2)19(26)13-9-10-14-15(11-13)24-16(12-7-5-4-6-8-12)21-22-17(24)18(25)20-14/h9-12H,3-8H2,1-2H3,(H,20,25). The lowest BCUT2D eigenvalue weighted by molar-refractivity contribution is 0.0802. The Morgan fingerprint density at radius 3 is 2.77 bits per heavy atom. The smallest absolute Gasteiger partial charge is 0.294 e. The predicted octanol–water partition coefficient (Wildman–Crippen LogP) is 2.71. The fourth-order valence-corrected chi connectivity index (χ4v) is 3.80. The molecule has 2 heterocycles. The van der Waals surface area contributed by atoms with Gasteiger partial charge in [-0.15, -0.1) is 10.2 Å². The van der Waals surface area contributed by atoms with Gasteiger partial charge in [0, 0.05) is 25.1 Å². The molecule has 136 valence electrons. The first-order chi connectivity index (χ1) is 12.6. The van der Waals surface area contributed by atoms with Crippen molar-refractivity contribution in [3.05, 3.63) is 39.9 Å². The van der Waals surface area contributed by atoms with E-state index >= 15 is 0 Å². The zero-order chi connectivity index (χ0) is 18.3. The molecule has 4 rings (SSSR count). The number of rotatable bonds is 3. The normalized spacial score (nSPS) is 15.6. The molecule has 1 fully saturated rings. The van der Waals surface area contributed by atoms with Gasteiger partial charge in [-0.05, 0) is 38.0 Å². The number of nitrogens with one attached hydrogen (secondary N) is 1. The van der Waals surface area contributed by atoms with Gasteiger partial charge in [0.2, 0.25) is 5.65 Å². The monoisotopic (exact) mass is 353 g/mol. The van der Waals surface area contributed by atoms with Gasteiger partial charge in [0.25, 0.3) is 11.5 Å². The Morgan fingerprint density at radius 2 is 2.04 bits per heavy atom. The van der Waals surface area contributed by atoms with Gasteiger partial charge in [0.1, 0.15) is 5.82 Å². The average molecular weight is 353 g/mol. The summed E-state index contributed by atoms with van der Waals surface area (Å²) in [5, 5.41) is 8.50. The Balaban J connectivity index is 1.94. The molecule has 1 aliphatic rings. The number of fused-ring (bicyclic) bond motifs is 3. The highest BCUT2D eigenvalue weighted by molar-refractivity contribution is 5.97. The Labute approximate surface area is 151 Å². The number of nitrogens with zero attached hydrogens (tertiary/aromatic N) is 4. The zero-order valence-electron chi connectivity index (χ0n) is 15.2. The van der Waals surface area contributed by atoms with Crippen molar-refractivity contribution in [2.24, 2.45) is 0 Å². The van der Waals surface area contributed by atoms with E-state index in [0.29, 0.717) is 29.2 Å². The number of hydrogen-bond acceptors (Lipinski definition) is 4. The van der Waals surface area contributed by atoms with Crippen molar-refractivity contribution in [1.29, 1.82) is 0 Å². The van der Waals surface area contributed by atoms with Crippen molar-refractivity contribution in [3.63, 3.8) is 0 Å². The summed E-state index contributed by atoms with van der Waals surface area (Å²) < 4.78 is 1.85. The van der Waals surface area contributed by atoms with Gasteiger partial charge in [-0.1, -0.05) is 19.3 Å². The number of aromatic amines is 1. The van der Waals surface area contributed by atoms with Gasteiger partial charge >= 0.3 is 0 Å². The number of carbonyl (C=O) groups is 1. The molecule has 1 saturated carbocycles. The first-order valence-electron chi connectivity index (χ1n) is 9.26. The van der Waals surface area contributed by atoms with E-state index in [0.717, 1.165) is 24.2 Å². The molecule has 7 heteroatoms. The largest absolute Gasteiger partial charge is 0.342 e. The topological polar surface area (TPSA) is 83.4 Å². The van der Waals surface area contributed by atoms with Crippen LogP contribution in [0.3, 0.4) is 0 Å². The van der Waals surface area contributed by atoms with Gasteiger partial charge in [0.05, 0.1) is 11.0 Å². The van der Waals surface area contributed by atoms with Crippen molar-refractivity contribution in [2.45, 2.75) is 44.9 Å². The third-order valence-electron chi connectivity index (χ3n) is 5.42. The molecule has 1 aliphatic carbocycles. The van der Waals surface area contributed by atoms with E-state index in [1.54, 1.807) is 24.1 Å². The van der Waals surface area contributed by atoms with Crippen molar-refractivity contribution in [2.75, 3.05) is 13.6 Å². The van der Waals surface area contributed by atoms with E-state index in [1.807, 2.05) is 17.4 Å². The van der Waals surface area contributed by atoms with Gasteiger partial charge in [0.15, 0.2) is 0 Å². The Hall–Kier alpha value is -2.70. The van der Waals surface area contributed by atoms with Crippen LogP contribution in [0.25, 0.3) is 16.7 Å². The quantitative estimate of drug-likeness (QED) is 0.785. The minimum absolute atomic E-state index is 0.0407. The van der Waals surface area contributed by atoms with Crippen LogP contribution in [0.1, 0.15) is 61.1 Å². The van der Waals surface area contributed by atoms with Crippen LogP contribution in [0.5, 0.6) is 0 Å². The maximum Gasteiger partial charge on any atom is 0.294 e. The van der Waals surface area contributed by atoms with Crippen LogP contribution in [0.4, 0.5) is 0 Å². The van der Waals surface area contributed by atoms with Crippen LogP contribution in [0.2, 0.25) is 0 Å². The number of aromatic nitrogens is 4. The molecule has 3 aromatic rings. The minimum atomic E-state index is -0.253. The zero-order valence-corrected chi connectivity index (χ0v) is 15.2. The molecule has 2 aromatic heterocycles. The maximum absolute atomic E-state index is 12.6. The SMILES string of the molecule is CCN(C)C(=O)c1ccc2[nH]c(=O)c3nnc(C4CCCCC4)n3c2c1. The van der Waals surface area contributed by atoms with Crippen LogP contribution >= 0.6 is 0 Å². The number of amides is 1. The highest BCUT2D eigenvalue weighted by Gasteiger charge is 2.23. The van der Waals surface area contributed by atoms with E-state index in [-0.39, 0.29) is 11.5 Å². The van der Waals surface area contributed by atoms with E-state index in [2.05, 4.69) is 15.2 Å². The molecule has 0 radical (unpaired) electrons. The number of hydrogen-bond donors (Lipinski definition) is 1. The fourth-order valence-electron chi connectivity index (χ4n) is 3.80. The van der Waals surface area contributed by atoms with E-state index < -0.39 is 0 Å². The lowest BCUT2D eigenvalue weighted by atomic mass is 9.89.